The number of nitrogens with one attached hydrogen (secondary N) is 1. The molecular weight excluding hydrogens is 421 g/mol. The van der Waals surface area contributed by atoms with Crippen LogP contribution in [0.25, 0.3) is 0 Å². The van der Waals surface area contributed by atoms with Gasteiger partial charge in [0.2, 0.25) is 0 Å². The first-order chi connectivity index (χ1) is 15.6. The minimum absolute atomic E-state index is 0.293. The normalized spacial score (nSPS) is 13.6. The van der Waals surface area contributed by atoms with E-state index in [1.807, 2.05) is 27.7 Å². The van der Waals surface area contributed by atoms with Crippen LogP contribution in [0.3, 0.4) is 0 Å². The van der Waals surface area contributed by atoms with Crippen molar-refractivity contribution in [2.24, 2.45) is 10.6 Å². The summed E-state index contributed by atoms with van der Waals surface area (Å²) in [5.41, 5.74) is 5.05. The van der Waals surface area contributed by atoms with Gasteiger partial charge in [-0.15, -0.1) is 5.16 Å². The second-order valence-electron chi connectivity index (χ2n) is 9.07. The van der Waals surface area contributed by atoms with Crippen LogP contribution in [-0.2, 0) is 4.76 Å². The van der Waals surface area contributed by atoms with Crippen LogP contribution in [0.15, 0.2) is 41.6 Å². The van der Waals surface area contributed by atoms with Gasteiger partial charge in [-0.25, -0.2) is 5.01 Å². The molecule has 8 nitrogen and oxygen atoms in total. The monoisotopic (exact) mass is 451 g/mol. The molecule has 2 N–H and O–H groups in total. The molecular formula is C24H30BN3O5. The van der Waals surface area contributed by atoms with Crippen LogP contribution >= 0.6 is 0 Å². The summed E-state index contributed by atoms with van der Waals surface area (Å²) in [6, 6.07) is 9.83. The van der Waals surface area contributed by atoms with Gasteiger partial charge in [0.15, 0.2) is 0 Å². The lowest BCUT2D eigenvalue weighted by atomic mass is 9.75. The molecule has 1 heterocycles. The molecule has 0 saturated carbocycles. The fraction of sp³-hybridized carbons (Fsp3) is 0.375. The average molecular weight is 451 g/mol. The third kappa shape index (κ3) is 5.03. The smallest absolute Gasteiger partial charge is 0.496 e. The molecule has 2 aromatic rings. The highest BCUT2D eigenvalue weighted by Gasteiger charge is 2.35. The second kappa shape index (κ2) is 9.66. The van der Waals surface area contributed by atoms with Crippen LogP contribution in [0, 0.1) is 12.3 Å². The van der Waals surface area contributed by atoms with Crippen LogP contribution in [0.5, 0.6) is 5.75 Å². The fourth-order valence-electron chi connectivity index (χ4n) is 4.08. The van der Waals surface area contributed by atoms with Crippen LogP contribution < -0.4 is 15.6 Å². The molecule has 0 spiro atoms. The van der Waals surface area contributed by atoms with Gasteiger partial charge in [-0.2, -0.15) is 0 Å². The van der Waals surface area contributed by atoms with E-state index in [1.54, 1.807) is 50.4 Å². The summed E-state index contributed by atoms with van der Waals surface area (Å²) < 4.78 is 10.2. The van der Waals surface area contributed by atoms with Crippen molar-refractivity contribution in [1.82, 2.24) is 10.4 Å². The lowest BCUT2D eigenvalue weighted by Crippen LogP contribution is -2.56. The number of nitrogens with zero attached hydrogens (tertiary/aromatic N) is 2. The summed E-state index contributed by atoms with van der Waals surface area (Å²) in [5, 5.41) is 15.2. The predicted octanol–water partition coefficient (Wildman–Crippen LogP) is 2.67. The Morgan fingerprint density at radius 3 is 2.64 bits per heavy atom. The Labute approximate surface area is 194 Å². The number of hydrogen-bond acceptors (Lipinski definition) is 6. The molecule has 9 heteroatoms. The Morgan fingerprint density at radius 1 is 1.27 bits per heavy atom. The number of methoxy groups -OCH3 is 1. The highest BCUT2D eigenvalue weighted by Crippen LogP contribution is 2.28. The molecule has 174 valence electrons. The van der Waals surface area contributed by atoms with Gasteiger partial charge in [-0.1, -0.05) is 39.8 Å². The molecule has 1 aliphatic rings. The van der Waals surface area contributed by atoms with Crippen molar-refractivity contribution in [2.75, 3.05) is 7.11 Å². The lowest BCUT2D eigenvalue weighted by molar-refractivity contribution is 0.0284. The molecule has 2 amide bonds. The molecule has 1 atom stereocenters. The number of hydrazine groups is 1. The average Bonchev–Trinajstić information content (AvgIpc) is 2.77. The molecule has 0 fully saturated rings. The van der Waals surface area contributed by atoms with Gasteiger partial charge in [0.05, 0.1) is 19.4 Å². The highest BCUT2D eigenvalue weighted by atomic mass is 16.6. The van der Waals surface area contributed by atoms with Gasteiger partial charge < -0.3 is 14.5 Å². The standard InChI is InChI=1S/C24H30BN3O5/c1-7-21(24(3,4)5)28(27-22(29)18-9-8-10-20(32-6)15(18)2)23(30)16-11-12-17-14-26-33-25(31)19(17)13-16/h8-14,21,31H,7H2,1-6H3,(H,27,29). The molecule has 1 aliphatic heterocycles. The first kappa shape index (κ1) is 24.3. The van der Waals surface area contributed by atoms with Crippen molar-refractivity contribution in [3.8, 4) is 5.75 Å². The van der Waals surface area contributed by atoms with Crippen molar-refractivity contribution in [2.45, 2.75) is 47.1 Å². The molecule has 33 heavy (non-hydrogen) atoms. The molecule has 0 bridgehead atoms. The van der Waals surface area contributed by atoms with E-state index in [1.165, 1.54) is 11.2 Å². The number of benzene rings is 2. The molecule has 0 aromatic heterocycles. The Hall–Kier alpha value is -3.33. The van der Waals surface area contributed by atoms with E-state index in [0.717, 1.165) is 0 Å². The Balaban J connectivity index is 2.00. The van der Waals surface area contributed by atoms with Crippen molar-refractivity contribution >= 4 is 30.6 Å². The van der Waals surface area contributed by atoms with Gasteiger partial charge in [-0.05, 0) is 48.6 Å². The number of carbonyl (C=O) groups excluding carboxylic acids is 2. The molecule has 2 aromatic carbocycles. The van der Waals surface area contributed by atoms with Crippen molar-refractivity contribution in [3.63, 3.8) is 0 Å². The van der Waals surface area contributed by atoms with Crippen LogP contribution in [0.4, 0.5) is 0 Å². The minimum atomic E-state index is -1.26. The van der Waals surface area contributed by atoms with Gasteiger partial charge >= 0.3 is 7.12 Å². The quantitative estimate of drug-likeness (QED) is 0.538. The summed E-state index contributed by atoms with van der Waals surface area (Å²) >= 11 is 0. The summed E-state index contributed by atoms with van der Waals surface area (Å²) in [4.78, 5) is 27.0. The predicted molar refractivity (Wildman–Crippen MR) is 128 cm³/mol. The van der Waals surface area contributed by atoms with E-state index >= 15 is 0 Å². The number of rotatable bonds is 5. The minimum Gasteiger partial charge on any atom is -0.496 e. The Kier molecular flexibility index (Phi) is 7.12. The van der Waals surface area contributed by atoms with E-state index in [9.17, 15) is 14.6 Å². The molecule has 0 aliphatic carbocycles. The van der Waals surface area contributed by atoms with E-state index in [4.69, 9.17) is 9.49 Å². The highest BCUT2D eigenvalue weighted by molar-refractivity contribution is 6.62. The third-order valence-corrected chi connectivity index (χ3v) is 5.84. The Bertz CT molecular complexity index is 1080. The first-order valence-electron chi connectivity index (χ1n) is 10.9. The van der Waals surface area contributed by atoms with Gasteiger partial charge in [0.1, 0.15) is 5.75 Å². The maximum atomic E-state index is 13.7. The first-order valence-corrected chi connectivity index (χ1v) is 10.9. The van der Waals surface area contributed by atoms with Gasteiger partial charge in [0.25, 0.3) is 11.8 Å². The summed E-state index contributed by atoms with van der Waals surface area (Å²) in [6.07, 6.45) is 2.10. The molecule has 1 unspecified atom stereocenters. The molecule has 0 radical (unpaired) electrons. The van der Waals surface area contributed by atoms with E-state index in [-0.39, 0.29) is 17.4 Å². The maximum absolute atomic E-state index is 13.7. The summed E-state index contributed by atoms with van der Waals surface area (Å²) in [7, 11) is 0.288. The van der Waals surface area contributed by atoms with Crippen molar-refractivity contribution in [3.05, 3.63) is 58.7 Å². The largest absolute Gasteiger partial charge is 0.583 e. The van der Waals surface area contributed by atoms with Gasteiger partial charge in [0, 0.05) is 22.2 Å². The zero-order valence-corrected chi connectivity index (χ0v) is 19.9. The van der Waals surface area contributed by atoms with E-state index in [2.05, 4.69) is 10.6 Å². The van der Waals surface area contributed by atoms with E-state index < -0.39 is 13.0 Å². The zero-order valence-electron chi connectivity index (χ0n) is 19.9. The number of ether oxygens (including phenoxy) is 1. The summed E-state index contributed by atoms with van der Waals surface area (Å²) in [6.45, 7) is 9.83. The fourth-order valence-corrected chi connectivity index (χ4v) is 4.08. The van der Waals surface area contributed by atoms with Crippen LogP contribution in [-0.4, -0.2) is 48.3 Å². The SMILES string of the molecule is CCC(N(NC(=O)c1cccc(OC)c1C)C(=O)c1ccc2c(c1)B(O)ON=C2)C(C)(C)C. The van der Waals surface area contributed by atoms with Crippen molar-refractivity contribution < 1.29 is 24.1 Å². The van der Waals surface area contributed by atoms with Crippen molar-refractivity contribution in [1.29, 1.82) is 0 Å². The second-order valence-corrected chi connectivity index (χ2v) is 9.07. The Morgan fingerprint density at radius 2 is 2.00 bits per heavy atom. The third-order valence-electron chi connectivity index (χ3n) is 5.84. The lowest BCUT2D eigenvalue weighted by Gasteiger charge is -2.39. The molecule has 3 rings (SSSR count). The zero-order chi connectivity index (χ0) is 24.3. The number of oxime groups is 1. The number of amides is 2. The summed E-state index contributed by atoms with van der Waals surface area (Å²) in [5.74, 6) is -0.201. The maximum Gasteiger partial charge on any atom is 0.583 e. The van der Waals surface area contributed by atoms with Gasteiger partial charge in [-0.3, -0.25) is 15.0 Å². The van der Waals surface area contributed by atoms with Crippen LogP contribution in [0.1, 0.15) is 66.0 Å². The topological polar surface area (TPSA) is 100 Å². The number of carbonyl (C=O) groups is 2. The number of fused-ring (bicyclic) bond motifs is 1. The van der Waals surface area contributed by atoms with E-state index in [0.29, 0.717) is 39.9 Å². The number of hydrogen-bond donors (Lipinski definition) is 2. The molecule has 0 saturated heterocycles. The van der Waals surface area contributed by atoms with Crippen LogP contribution in [0.2, 0.25) is 0 Å².